The highest BCUT2D eigenvalue weighted by Gasteiger charge is 2.51. The second-order valence-corrected chi connectivity index (χ2v) is 15.1. The molecule has 2 saturated heterocycles. The molecule has 250 valence electrons. The maximum absolute atomic E-state index is 14.2. The standard InChI is InChI=1S/C33H61N3O7/c1-20-17-33(6,40-12)29(43-30-27(37)26(35(9)10)13-21(2)42-30)22(3)28(38)32(4,5)31(39)41-19-25(36(11)18-20)16-23-14-24(15-23)34(7)8/h20-27,29-30,37H,13-19H2,1-12H3/t20-,21-,22+,23?,24?,25-,26+,27-,29-,30+,33-/m1/s1. The predicted molar refractivity (Wildman–Crippen MR) is 167 cm³/mol. The molecule has 3 aliphatic rings. The van der Waals surface area contributed by atoms with E-state index in [0.717, 1.165) is 25.8 Å². The van der Waals surface area contributed by atoms with Crippen LogP contribution in [0.15, 0.2) is 0 Å². The van der Waals surface area contributed by atoms with E-state index in [0.29, 0.717) is 24.8 Å². The zero-order chi connectivity index (χ0) is 32.4. The lowest BCUT2D eigenvalue weighted by molar-refractivity contribution is -0.295. The number of cyclic esters (lactones) is 1. The van der Waals surface area contributed by atoms with Gasteiger partial charge in [-0.15, -0.1) is 0 Å². The van der Waals surface area contributed by atoms with Crippen LogP contribution < -0.4 is 0 Å². The molecule has 2 aliphatic heterocycles. The number of carbonyl (C=O) groups is 2. The van der Waals surface area contributed by atoms with Crippen molar-refractivity contribution in [2.45, 2.75) is 122 Å². The van der Waals surface area contributed by atoms with Crippen LogP contribution in [0.5, 0.6) is 0 Å². The van der Waals surface area contributed by atoms with Gasteiger partial charge in [-0.2, -0.15) is 0 Å². The molecule has 1 saturated carbocycles. The molecule has 2 heterocycles. The number of ether oxygens (including phenoxy) is 4. The molecule has 0 radical (unpaired) electrons. The van der Waals surface area contributed by atoms with Gasteiger partial charge >= 0.3 is 5.97 Å². The molecule has 0 aromatic heterocycles. The van der Waals surface area contributed by atoms with Gasteiger partial charge in [0.2, 0.25) is 0 Å². The molecule has 1 N–H and O–H groups in total. The van der Waals surface area contributed by atoms with Crippen LogP contribution in [-0.2, 0) is 28.5 Å². The van der Waals surface area contributed by atoms with Gasteiger partial charge in [0.15, 0.2) is 12.1 Å². The Morgan fingerprint density at radius 1 is 1.02 bits per heavy atom. The monoisotopic (exact) mass is 611 g/mol. The van der Waals surface area contributed by atoms with Crippen molar-refractivity contribution in [1.29, 1.82) is 0 Å². The van der Waals surface area contributed by atoms with Gasteiger partial charge in [-0.1, -0.05) is 13.8 Å². The Kier molecular flexibility index (Phi) is 12.3. The molecule has 0 aromatic carbocycles. The average Bonchev–Trinajstić information content (AvgIpc) is 2.89. The van der Waals surface area contributed by atoms with Crippen LogP contribution in [0.2, 0.25) is 0 Å². The molecule has 0 spiro atoms. The fraction of sp³-hybridized carbons (Fsp3) is 0.939. The van der Waals surface area contributed by atoms with Crippen LogP contribution in [0.25, 0.3) is 0 Å². The first-order valence-electron chi connectivity index (χ1n) is 16.2. The van der Waals surface area contributed by atoms with Crippen molar-refractivity contribution < 1.29 is 33.6 Å². The van der Waals surface area contributed by atoms with Crippen LogP contribution in [0.4, 0.5) is 0 Å². The fourth-order valence-corrected chi connectivity index (χ4v) is 7.54. The van der Waals surface area contributed by atoms with E-state index in [4.69, 9.17) is 18.9 Å². The second kappa shape index (κ2) is 14.5. The molecule has 1 aliphatic carbocycles. The van der Waals surface area contributed by atoms with E-state index in [1.54, 1.807) is 27.9 Å². The van der Waals surface area contributed by atoms with E-state index in [-0.39, 0.29) is 36.5 Å². The van der Waals surface area contributed by atoms with E-state index < -0.39 is 41.4 Å². The van der Waals surface area contributed by atoms with Gasteiger partial charge in [-0.3, -0.25) is 14.5 Å². The number of esters is 1. The van der Waals surface area contributed by atoms with Crippen LogP contribution in [0, 0.1) is 23.2 Å². The third-order valence-electron chi connectivity index (χ3n) is 10.5. The summed E-state index contributed by atoms with van der Waals surface area (Å²) >= 11 is 0. The van der Waals surface area contributed by atoms with E-state index in [1.807, 2.05) is 32.8 Å². The maximum atomic E-state index is 14.2. The number of nitrogens with zero attached hydrogens (tertiary/aromatic N) is 3. The Hall–Kier alpha value is -1.14. The van der Waals surface area contributed by atoms with Crippen molar-refractivity contribution in [1.82, 2.24) is 14.7 Å². The largest absolute Gasteiger partial charge is 0.463 e. The van der Waals surface area contributed by atoms with Crippen molar-refractivity contribution >= 4 is 11.8 Å². The van der Waals surface area contributed by atoms with E-state index in [1.165, 1.54) is 0 Å². The molecule has 43 heavy (non-hydrogen) atoms. The third kappa shape index (κ3) is 8.37. The highest BCUT2D eigenvalue weighted by molar-refractivity contribution is 6.04. The molecule has 3 rings (SSSR count). The Balaban J connectivity index is 1.93. The number of Topliss-reactive ketones (excluding diaryl/α,β-unsaturated/α-hetero) is 1. The van der Waals surface area contributed by atoms with Crippen LogP contribution in [0.1, 0.15) is 73.6 Å². The Morgan fingerprint density at radius 3 is 2.21 bits per heavy atom. The van der Waals surface area contributed by atoms with Gasteiger partial charge in [0.25, 0.3) is 0 Å². The first kappa shape index (κ1) is 36.3. The number of likely N-dealkylation sites (N-methyl/N-ethyl adjacent to an activating group) is 2. The lowest BCUT2D eigenvalue weighted by Crippen LogP contribution is -2.59. The van der Waals surface area contributed by atoms with Crippen molar-refractivity contribution in [3.8, 4) is 0 Å². The summed E-state index contributed by atoms with van der Waals surface area (Å²) in [7, 11) is 11.9. The topological polar surface area (TPSA) is 101 Å². The molecular formula is C33H61N3O7. The van der Waals surface area contributed by atoms with Crippen molar-refractivity contribution in [2.75, 3.05) is 55.5 Å². The molecule has 0 amide bonds. The molecule has 9 atom stereocenters. The summed E-state index contributed by atoms with van der Waals surface area (Å²) in [6.07, 6.45) is 1.71. The smallest absolute Gasteiger partial charge is 0.319 e. The lowest BCUT2D eigenvalue weighted by atomic mass is 9.74. The van der Waals surface area contributed by atoms with E-state index in [2.05, 4.69) is 37.9 Å². The summed E-state index contributed by atoms with van der Waals surface area (Å²) in [4.78, 5) is 34.3. The quantitative estimate of drug-likeness (QED) is 0.342. The molecule has 3 fully saturated rings. The highest BCUT2D eigenvalue weighted by Crippen LogP contribution is 2.39. The number of rotatable bonds is 7. The summed E-state index contributed by atoms with van der Waals surface area (Å²) in [6.45, 7) is 12.2. The summed E-state index contributed by atoms with van der Waals surface area (Å²) in [5, 5.41) is 11.3. The van der Waals surface area contributed by atoms with Crippen molar-refractivity contribution in [2.24, 2.45) is 23.2 Å². The van der Waals surface area contributed by atoms with Gasteiger partial charge in [0.1, 0.15) is 18.1 Å². The van der Waals surface area contributed by atoms with Crippen molar-refractivity contribution in [3.05, 3.63) is 0 Å². The highest BCUT2D eigenvalue weighted by atomic mass is 16.7. The van der Waals surface area contributed by atoms with Gasteiger partial charge in [0.05, 0.1) is 17.8 Å². The summed E-state index contributed by atoms with van der Waals surface area (Å²) in [5.41, 5.74) is -2.29. The Bertz CT molecular complexity index is 939. The number of ketones is 1. The predicted octanol–water partition coefficient (Wildman–Crippen LogP) is 3.05. The average molecular weight is 612 g/mol. The molecular weight excluding hydrogens is 550 g/mol. The minimum atomic E-state index is -1.39. The number of hydrogen-bond acceptors (Lipinski definition) is 10. The van der Waals surface area contributed by atoms with Gasteiger partial charge in [-0.25, -0.2) is 0 Å². The SMILES string of the molecule is CO[C@]1(C)C[C@@H](C)CN(C)[C@H](CC2CC(N(C)C)C2)COC(=O)C(C)(C)C(=O)[C@H](C)[C@H]1O[C@@H]1O[C@H](C)C[C@H](N(C)C)[C@H]1O. The number of aliphatic hydroxyl groups is 1. The van der Waals surface area contributed by atoms with E-state index >= 15 is 0 Å². The zero-order valence-corrected chi connectivity index (χ0v) is 29.0. The molecule has 0 aromatic rings. The maximum Gasteiger partial charge on any atom is 0.319 e. The Labute approximate surface area is 260 Å². The first-order valence-corrected chi connectivity index (χ1v) is 16.2. The number of methoxy groups -OCH3 is 1. The number of carbonyl (C=O) groups excluding carboxylic acids is 2. The van der Waals surface area contributed by atoms with Gasteiger partial charge in [-0.05, 0) is 107 Å². The van der Waals surface area contributed by atoms with Crippen LogP contribution >= 0.6 is 0 Å². The molecule has 0 bridgehead atoms. The second-order valence-electron chi connectivity index (χ2n) is 15.1. The van der Waals surface area contributed by atoms with E-state index in [9.17, 15) is 14.7 Å². The fourth-order valence-electron chi connectivity index (χ4n) is 7.54. The van der Waals surface area contributed by atoms with Gasteiger partial charge in [0, 0.05) is 37.7 Å². The summed E-state index contributed by atoms with van der Waals surface area (Å²) in [6, 6.07) is 0.495. The number of aliphatic hydroxyl groups excluding tert-OH is 1. The van der Waals surface area contributed by atoms with Gasteiger partial charge < -0.3 is 33.9 Å². The molecule has 0 unspecified atom stereocenters. The third-order valence-corrected chi connectivity index (χ3v) is 10.5. The molecule has 10 nitrogen and oxygen atoms in total. The van der Waals surface area contributed by atoms with Crippen molar-refractivity contribution in [3.63, 3.8) is 0 Å². The normalized spacial score (nSPS) is 42.1. The Morgan fingerprint density at radius 2 is 1.65 bits per heavy atom. The first-order chi connectivity index (χ1) is 19.9. The minimum absolute atomic E-state index is 0.0553. The molecule has 10 heteroatoms. The van der Waals surface area contributed by atoms with Crippen LogP contribution in [-0.4, -0.2) is 135 Å². The van der Waals surface area contributed by atoms with Crippen LogP contribution in [0.3, 0.4) is 0 Å². The number of hydrogen-bond donors (Lipinski definition) is 1. The minimum Gasteiger partial charge on any atom is -0.463 e. The zero-order valence-electron chi connectivity index (χ0n) is 29.0. The summed E-state index contributed by atoms with van der Waals surface area (Å²) < 4.78 is 24.9. The lowest BCUT2D eigenvalue weighted by Gasteiger charge is -2.47. The summed E-state index contributed by atoms with van der Waals surface area (Å²) in [5.74, 6) is -0.785.